The molecule has 0 aliphatic carbocycles. The molecule has 1 fully saturated rings. The van der Waals surface area contributed by atoms with Crippen LogP contribution in [-0.4, -0.2) is 58.5 Å². The van der Waals surface area contributed by atoms with E-state index in [1.165, 1.54) is 0 Å². The second kappa shape index (κ2) is 6.82. The molecule has 0 amide bonds. The van der Waals surface area contributed by atoms with Crippen LogP contribution in [0.25, 0.3) is 4.91 Å². The Kier molecular flexibility index (Phi) is 4.79. The van der Waals surface area contributed by atoms with Crippen molar-refractivity contribution in [2.45, 2.75) is 6.92 Å². The summed E-state index contributed by atoms with van der Waals surface area (Å²) in [6.45, 7) is 6.48. The van der Waals surface area contributed by atoms with E-state index < -0.39 is 10.0 Å². The zero-order chi connectivity index (χ0) is 16.3. The van der Waals surface area contributed by atoms with Crippen LogP contribution in [0.3, 0.4) is 0 Å². The van der Waals surface area contributed by atoms with Crippen LogP contribution in [0.5, 0.6) is 0 Å². The normalized spacial score (nSPS) is 23.3. The molecule has 2 aliphatic heterocycles. The number of hydrogen-bond donors (Lipinski definition) is 1. The van der Waals surface area contributed by atoms with Gasteiger partial charge in [-0.05, 0) is 12.5 Å². The van der Waals surface area contributed by atoms with E-state index in [0.29, 0.717) is 28.4 Å². The minimum absolute atomic E-state index is 0.322. The fourth-order valence-corrected chi connectivity index (χ4v) is 4.32. The van der Waals surface area contributed by atoms with Crippen molar-refractivity contribution in [3.63, 3.8) is 0 Å². The van der Waals surface area contributed by atoms with Gasteiger partial charge in [-0.3, -0.25) is 14.6 Å². The van der Waals surface area contributed by atoms with Crippen LogP contribution >= 0.6 is 0 Å². The SMILES string of the molecule is CC1=C(c2ccccc2)S(=O)(=O)NC1=NCCN1CCOCC1. The molecular weight excluding hydrogens is 314 g/mol. The second-order valence-corrected chi connectivity index (χ2v) is 7.23. The summed E-state index contributed by atoms with van der Waals surface area (Å²) in [5, 5.41) is 0. The Bertz CT molecular complexity index is 720. The van der Waals surface area contributed by atoms with Crippen molar-refractivity contribution in [3.05, 3.63) is 41.5 Å². The Hall–Kier alpha value is -1.70. The lowest BCUT2D eigenvalue weighted by atomic mass is 10.1. The molecule has 1 saturated heterocycles. The zero-order valence-corrected chi connectivity index (χ0v) is 14.0. The van der Waals surface area contributed by atoms with Crippen LogP contribution in [0.1, 0.15) is 12.5 Å². The molecule has 0 saturated carbocycles. The maximum Gasteiger partial charge on any atom is 0.264 e. The number of nitrogens with zero attached hydrogens (tertiary/aromatic N) is 2. The van der Waals surface area contributed by atoms with Gasteiger partial charge in [0.05, 0.1) is 19.8 Å². The summed E-state index contributed by atoms with van der Waals surface area (Å²) < 4.78 is 32.6. The van der Waals surface area contributed by atoms with E-state index in [9.17, 15) is 8.42 Å². The maximum absolute atomic E-state index is 12.4. The molecule has 23 heavy (non-hydrogen) atoms. The molecule has 1 aromatic carbocycles. The lowest BCUT2D eigenvalue weighted by Gasteiger charge is -2.25. The number of ether oxygens (including phenoxy) is 1. The van der Waals surface area contributed by atoms with Crippen molar-refractivity contribution in [2.24, 2.45) is 4.99 Å². The molecule has 2 aliphatic rings. The number of benzene rings is 1. The highest BCUT2D eigenvalue weighted by Gasteiger charge is 2.32. The number of amidine groups is 1. The third kappa shape index (κ3) is 3.63. The highest BCUT2D eigenvalue weighted by molar-refractivity contribution is 8.00. The Labute approximate surface area is 136 Å². The summed E-state index contributed by atoms with van der Waals surface area (Å²) in [5.74, 6) is 0.456. The highest BCUT2D eigenvalue weighted by atomic mass is 32.2. The maximum atomic E-state index is 12.4. The molecule has 1 aromatic rings. The zero-order valence-electron chi connectivity index (χ0n) is 13.2. The fraction of sp³-hybridized carbons (Fsp3) is 0.438. The highest BCUT2D eigenvalue weighted by Crippen LogP contribution is 2.29. The Morgan fingerprint density at radius 2 is 1.91 bits per heavy atom. The predicted octanol–water partition coefficient (Wildman–Crippen LogP) is 1.08. The van der Waals surface area contributed by atoms with E-state index in [4.69, 9.17) is 4.74 Å². The third-order valence-corrected chi connectivity index (χ3v) is 5.56. The molecule has 0 unspecified atom stereocenters. The molecule has 1 N–H and O–H groups in total. The molecule has 3 rings (SSSR count). The Morgan fingerprint density at radius 1 is 1.22 bits per heavy atom. The number of hydrogen-bond acceptors (Lipinski definition) is 5. The van der Waals surface area contributed by atoms with Crippen molar-refractivity contribution in [1.29, 1.82) is 0 Å². The number of rotatable bonds is 4. The summed E-state index contributed by atoms with van der Waals surface area (Å²) >= 11 is 0. The van der Waals surface area contributed by atoms with Crippen molar-refractivity contribution < 1.29 is 13.2 Å². The van der Waals surface area contributed by atoms with Crippen molar-refractivity contribution in [3.8, 4) is 0 Å². The largest absolute Gasteiger partial charge is 0.379 e. The molecule has 0 radical (unpaired) electrons. The first kappa shape index (κ1) is 16.2. The molecule has 0 aromatic heterocycles. The van der Waals surface area contributed by atoms with Gasteiger partial charge < -0.3 is 4.74 Å². The standard InChI is InChI=1S/C16H21N3O3S/c1-13-15(14-5-3-2-4-6-14)23(20,21)18-16(13)17-7-8-19-9-11-22-12-10-19/h2-6H,7-12H2,1H3,(H,17,18). The number of sulfonamides is 1. The average molecular weight is 335 g/mol. The van der Waals surface area contributed by atoms with Gasteiger partial charge in [-0.2, -0.15) is 0 Å². The number of aliphatic imine (C=N–C) groups is 1. The van der Waals surface area contributed by atoms with E-state index in [0.717, 1.165) is 32.8 Å². The summed E-state index contributed by atoms with van der Waals surface area (Å²) in [5.41, 5.74) is 1.37. The molecule has 2 heterocycles. The first-order valence-electron chi connectivity index (χ1n) is 7.72. The average Bonchev–Trinajstić information content (AvgIpc) is 2.78. The molecule has 0 bridgehead atoms. The van der Waals surface area contributed by atoms with Crippen LogP contribution in [0.2, 0.25) is 0 Å². The van der Waals surface area contributed by atoms with Crippen LogP contribution in [-0.2, 0) is 14.8 Å². The molecule has 6 nitrogen and oxygen atoms in total. The van der Waals surface area contributed by atoms with Gasteiger partial charge in [-0.15, -0.1) is 0 Å². The van der Waals surface area contributed by atoms with E-state index in [1.807, 2.05) is 18.2 Å². The van der Waals surface area contributed by atoms with Gasteiger partial charge >= 0.3 is 0 Å². The molecule has 0 spiro atoms. The van der Waals surface area contributed by atoms with E-state index >= 15 is 0 Å². The van der Waals surface area contributed by atoms with Gasteiger partial charge in [-0.1, -0.05) is 30.3 Å². The summed E-state index contributed by atoms with van der Waals surface area (Å²) in [4.78, 5) is 7.05. The van der Waals surface area contributed by atoms with Crippen molar-refractivity contribution >= 4 is 20.8 Å². The van der Waals surface area contributed by atoms with Crippen LogP contribution in [0, 0.1) is 0 Å². The van der Waals surface area contributed by atoms with Gasteiger partial charge in [0.15, 0.2) is 0 Å². The Balaban J connectivity index is 1.76. The summed E-state index contributed by atoms with van der Waals surface area (Å²) in [6.07, 6.45) is 0. The van der Waals surface area contributed by atoms with Crippen LogP contribution in [0.4, 0.5) is 0 Å². The summed E-state index contributed by atoms with van der Waals surface area (Å²) in [6, 6.07) is 9.13. The van der Waals surface area contributed by atoms with E-state index in [1.54, 1.807) is 19.1 Å². The van der Waals surface area contributed by atoms with Gasteiger partial charge in [0.2, 0.25) is 0 Å². The monoisotopic (exact) mass is 335 g/mol. The van der Waals surface area contributed by atoms with E-state index in [2.05, 4.69) is 14.6 Å². The molecule has 7 heteroatoms. The smallest absolute Gasteiger partial charge is 0.264 e. The van der Waals surface area contributed by atoms with Crippen LogP contribution in [0.15, 0.2) is 40.9 Å². The summed E-state index contributed by atoms with van der Waals surface area (Å²) in [7, 11) is -3.53. The third-order valence-electron chi connectivity index (χ3n) is 4.02. The molecule has 124 valence electrons. The quantitative estimate of drug-likeness (QED) is 0.894. The first-order chi connectivity index (χ1) is 11.1. The lowest BCUT2D eigenvalue weighted by molar-refractivity contribution is 0.0394. The van der Waals surface area contributed by atoms with Crippen molar-refractivity contribution in [1.82, 2.24) is 9.62 Å². The second-order valence-electron chi connectivity index (χ2n) is 5.61. The predicted molar refractivity (Wildman–Crippen MR) is 90.7 cm³/mol. The Morgan fingerprint density at radius 3 is 2.61 bits per heavy atom. The molecule has 0 atom stereocenters. The minimum atomic E-state index is -3.53. The van der Waals surface area contributed by atoms with Gasteiger partial charge in [-0.25, -0.2) is 8.42 Å². The topological polar surface area (TPSA) is 71.0 Å². The fourth-order valence-electron chi connectivity index (χ4n) is 2.80. The van der Waals surface area contributed by atoms with Gasteiger partial charge in [0.25, 0.3) is 10.0 Å². The number of morpholine rings is 1. The van der Waals surface area contributed by atoms with Gasteiger partial charge in [0.1, 0.15) is 10.7 Å². The van der Waals surface area contributed by atoms with Crippen LogP contribution < -0.4 is 4.72 Å². The lowest BCUT2D eigenvalue weighted by Crippen LogP contribution is -2.38. The first-order valence-corrected chi connectivity index (χ1v) is 9.20. The van der Waals surface area contributed by atoms with Gasteiger partial charge in [0, 0.05) is 25.2 Å². The molecular formula is C16H21N3O3S. The van der Waals surface area contributed by atoms with Crippen molar-refractivity contribution in [2.75, 3.05) is 39.4 Å². The van der Waals surface area contributed by atoms with E-state index in [-0.39, 0.29) is 0 Å². The number of nitrogens with one attached hydrogen (secondary N) is 1. The minimum Gasteiger partial charge on any atom is -0.379 e.